The maximum Gasteiger partial charge on any atom is 0.252 e. The highest BCUT2D eigenvalue weighted by Crippen LogP contribution is 2.47. The fourth-order valence-corrected chi connectivity index (χ4v) is 6.61. The van der Waals surface area contributed by atoms with Gasteiger partial charge in [0.2, 0.25) is 5.91 Å². The van der Waals surface area contributed by atoms with Gasteiger partial charge in [0.15, 0.2) is 5.13 Å². The Kier molecular flexibility index (Phi) is 4.40. The normalized spacial score (nSPS) is 28.0. The first-order valence-corrected chi connectivity index (χ1v) is 10.7. The molecule has 5 nitrogen and oxygen atoms in total. The lowest BCUT2D eigenvalue weighted by molar-refractivity contribution is -0.136. The van der Waals surface area contributed by atoms with Crippen molar-refractivity contribution < 1.29 is 9.59 Å². The van der Waals surface area contributed by atoms with Gasteiger partial charge in [-0.05, 0) is 39.0 Å². The summed E-state index contributed by atoms with van der Waals surface area (Å²) in [7, 11) is 0. The van der Waals surface area contributed by atoms with Crippen LogP contribution in [0.5, 0.6) is 0 Å². The number of aromatic nitrogens is 1. The highest BCUT2D eigenvalue weighted by atomic mass is 32.2. The number of hydrogen-bond acceptors (Lipinski definition) is 5. The molecule has 0 saturated carbocycles. The first-order valence-electron chi connectivity index (χ1n) is 8.90. The molecule has 25 heavy (non-hydrogen) atoms. The van der Waals surface area contributed by atoms with Crippen molar-refractivity contribution in [2.24, 2.45) is 0 Å². The van der Waals surface area contributed by atoms with Gasteiger partial charge >= 0.3 is 0 Å². The molecule has 1 aromatic heterocycles. The molecule has 2 aliphatic heterocycles. The lowest BCUT2D eigenvalue weighted by Crippen LogP contribution is -2.51. The number of anilines is 1. The number of hydrogen-bond donors (Lipinski definition) is 0. The van der Waals surface area contributed by atoms with Crippen molar-refractivity contribution >= 4 is 40.0 Å². The number of carbonyl (C=O) groups excluding carboxylic acids is 2. The monoisotopic (exact) mass is 377 g/mol. The number of carbonyl (C=O) groups is 2. The predicted octanol–water partition coefficient (Wildman–Crippen LogP) is 2.99. The molecule has 2 atom stereocenters. The predicted molar refractivity (Wildman–Crippen MR) is 102 cm³/mol. The standard InChI is InChI=1S/C18H23N3O2S2/c1-3-10-20(17-19-12-6-4-5-7-14(12)25-17)16(23)13-11-24-18(2)9-8-15(22)21(13)18/h3,13H,1,4-11H2,2H3. The molecule has 4 rings (SSSR count). The summed E-state index contributed by atoms with van der Waals surface area (Å²) in [6.07, 6.45) is 7.55. The Morgan fingerprint density at radius 1 is 1.44 bits per heavy atom. The second-order valence-electron chi connectivity index (χ2n) is 7.08. The molecule has 1 aromatic rings. The summed E-state index contributed by atoms with van der Waals surface area (Å²) in [5, 5.41) is 0.766. The van der Waals surface area contributed by atoms with E-state index in [0.29, 0.717) is 18.7 Å². The molecule has 7 heteroatoms. The molecule has 1 aliphatic carbocycles. The Labute approximate surface area is 156 Å². The minimum absolute atomic E-state index is 0.0162. The molecule has 0 bridgehead atoms. The molecule has 2 amide bonds. The second kappa shape index (κ2) is 6.43. The smallest absolute Gasteiger partial charge is 0.252 e. The van der Waals surface area contributed by atoms with Gasteiger partial charge in [0, 0.05) is 23.6 Å². The van der Waals surface area contributed by atoms with Crippen LogP contribution in [-0.4, -0.2) is 44.9 Å². The van der Waals surface area contributed by atoms with Crippen molar-refractivity contribution in [3.05, 3.63) is 23.2 Å². The summed E-state index contributed by atoms with van der Waals surface area (Å²) < 4.78 is 0. The van der Waals surface area contributed by atoms with Crippen molar-refractivity contribution in [3.63, 3.8) is 0 Å². The molecule has 134 valence electrons. The van der Waals surface area contributed by atoms with Crippen molar-refractivity contribution in [1.82, 2.24) is 9.88 Å². The van der Waals surface area contributed by atoms with Gasteiger partial charge in [-0.15, -0.1) is 29.7 Å². The maximum atomic E-state index is 13.3. The zero-order valence-electron chi connectivity index (χ0n) is 14.5. The Bertz CT molecular complexity index is 708. The first-order chi connectivity index (χ1) is 12.0. The first kappa shape index (κ1) is 17.1. The summed E-state index contributed by atoms with van der Waals surface area (Å²) in [5.74, 6) is 0.750. The zero-order valence-corrected chi connectivity index (χ0v) is 16.1. The van der Waals surface area contributed by atoms with Crippen LogP contribution in [0.15, 0.2) is 12.7 Å². The summed E-state index contributed by atoms with van der Waals surface area (Å²) >= 11 is 3.36. The van der Waals surface area contributed by atoms with E-state index in [0.717, 1.165) is 30.1 Å². The van der Waals surface area contributed by atoms with E-state index in [1.807, 2.05) is 4.90 Å². The second-order valence-corrected chi connectivity index (χ2v) is 9.64. The molecule has 3 heterocycles. The Morgan fingerprint density at radius 3 is 3.00 bits per heavy atom. The van der Waals surface area contributed by atoms with Crippen LogP contribution in [0.4, 0.5) is 5.13 Å². The van der Waals surface area contributed by atoms with Crippen molar-refractivity contribution in [2.75, 3.05) is 17.2 Å². The number of aryl methyl sites for hydroxylation is 2. The highest BCUT2D eigenvalue weighted by Gasteiger charge is 2.53. The summed E-state index contributed by atoms with van der Waals surface area (Å²) in [6.45, 7) is 6.32. The third-order valence-corrected chi connectivity index (χ3v) is 8.06. The van der Waals surface area contributed by atoms with E-state index < -0.39 is 0 Å². The molecule has 0 N–H and O–H groups in total. The van der Waals surface area contributed by atoms with E-state index in [9.17, 15) is 9.59 Å². The highest BCUT2D eigenvalue weighted by molar-refractivity contribution is 8.01. The van der Waals surface area contributed by atoms with Crippen LogP contribution >= 0.6 is 23.1 Å². The van der Waals surface area contributed by atoms with Crippen molar-refractivity contribution in [2.45, 2.75) is 56.4 Å². The van der Waals surface area contributed by atoms with Crippen molar-refractivity contribution in [1.29, 1.82) is 0 Å². The average molecular weight is 378 g/mol. The van der Waals surface area contributed by atoms with Gasteiger partial charge in [0.05, 0.1) is 10.6 Å². The summed E-state index contributed by atoms with van der Waals surface area (Å²) in [5.41, 5.74) is 1.15. The fourth-order valence-electron chi connectivity index (χ4n) is 4.03. The molecule has 2 saturated heterocycles. The van der Waals surface area contributed by atoms with Gasteiger partial charge in [0.25, 0.3) is 5.91 Å². The van der Waals surface area contributed by atoms with Gasteiger partial charge < -0.3 is 4.90 Å². The molecule has 2 fully saturated rings. The van der Waals surface area contributed by atoms with E-state index in [4.69, 9.17) is 4.98 Å². The van der Waals surface area contributed by atoms with Crippen LogP contribution in [0.2, 0.25) is 0 Å². The number of amides is 2. The zero-order chi connectivity index (χ0) is 17.6. The van der Waals surface area contributed by atoms with Gasteiger partial charge in [-0.1, -0.05) is 6.08 Å². The van der Waals surface area contributed by atoms with Gasteiger partial charge in [-0.25, -0.2) is 4.98 Å². The lowest BCUT2D eigenvalue weighted by atomic mass is 10.0. The van der Waals surface area contributed by atoms with Crippen molar-refractivity contribution in [3.8, 4) is 0 Å². The average Bonchev–Trinajstić information content (AvgIpc) is 3.25. The minimum atomic E-state index is -0.383. The topological polar surface area (TPSA) is 53.5 Å². The number of thioether (sulfide) groups is 1. The number of nitrogens with zero attached hydrogens (tertiary/aromatic N) is 3. The molecule has 0 radical (unpaired) electrons. The summed E-state index contributed by atoms with van der Waals surface area (Å²) in [4.78, 5) is 35.1. The Morgan fingerprint density at radius 2 is 2.24 bits per heavy atom. The quantitative estimate of drug-likeness (QED) is 0.757. The minimum Gasteiger partial charge on any atom is -0.315 e. The molecule has 3 aliphatic rings. The molecule has 0 aromatic carbocycles. The number of fused-ring (bicyclic) bond motifs is 2. The lowest BCUT2D eigenvalue weighted by Gasteiger charge is -2.32. The largest absolute Gasteiger partial charge is 0.315 e. The van der Waals surface area contributed by atoms with Crippen LogP contribution in [0.25, 0.3) is 0 Å². The summed E-state index contributed by atoms with van der Waals surface area (Å²) in [6, 6.07) is -0.383. The van der Waals surface area contributed by atoms with Gasteiger partial charge in [0.1, 0.15) is 6.04 Å². The Hall–Kier alpha value is -1.34. The molecule has 2 unspecified atom stereocenters. The van der Waals surface area contributed by atoms with Gasteiger partial charge in [-0.2, -0.15) is 0 Å². The third kappa shape index (κ3) is 2.81. The Balaban J connectivity index is 1.62. The van der Waals surface area contributed by atoms with Crippen LogP contribution in [0, 0.1) is 0 Å². The van der Waals surface area contributed by atoms with E-state index in [2.05, 4.69) is 13.5 Å². The van der Waals surface area contributed by atoms with E-state index in [-0.39, 0.29) is 22.7 Å². The molecular weight excluding hydrogens is 354 g/mol. The van der Waals surface area contributed by atoms with Crippen LogP contribution in [-0.2, 0) is 22.4 Å². The SMILES string of the molecule is C=CCN(C(=O)C1CSC2(C)CCC(=O)N12)c1nc2c(s1)CCCC2. The third-order valence-electron chi connectivity index (χ3n) is 5.37. The van der Waals surface area contributed by atoms with Crippen LogP contribution in [0.1, 0.15) is 43.2 Å². The maximum absolute atomic E-state index is 13.3. The molecule has 0 spiro atoms. The number of rotatable bonds is 4. The fraction of sp³-hybridized carbons (Fsp3) is 0.611. The van der Waals surface area contributed by atoms with E-state index >= 15 is 0 Å². The van der Waals surface area contributed by atoms with Crippen LogP contribution in [0.3, 0.4) is 0 Å². The van der Waals surface area contributed by atoms with Gasteiger partial charge in [-0.3, -0.25) is 14.5 Å². The molecular formula is C18H23N3O2S2. The van der Waals surface area contributed by atoms with E-state index in [1.165, 1.54) is 17.7 Å². The van der Waals surface area contributed by atoms with Crippen LogP contribution < -0.4 is 4.90 Å². The number of thiazole rings is 1. The van der Waals surface area contributed by atoms with E-state index in [1.54, 1.807) is 34.1 Å².